The maximum absolute atomic E-state index is 14.6. The number of aromatic nitrogens is 1. The van der Waals surface area contributed by atoms with E-state index in [2.05, 4.69) is 10.3 Å². The fourth-order valence-corrected chi connectivity index (χ4v) is 4.53. The van der Waals surface area contributed by atoms with Crippen molar-refractivity contribution in [3.05, 3.63) is 47.5 Å². The van der Waals surface area contributed by atoms with Gasteiger partial charge in [0.2, 0.25) is 5.91 Å². The molecule has 6 heteroatoms. The van der Waals surface area contributed by atoms with Crippen LogP contribution < -0.4 is 10.1 Å². The number of nitrogens with zero attached hydrogens (tertiary/aromatic N) is 2. The highest BCUT2D eigenvalue weighted by molar-refractivity contribution is 5.88. The van der Waals surface area contributed by atoms with Crippen LogP contribution in [-0.4, -0.2) is 41.5 Å². The van der Waals surface area contributed by atoms with E-state index in [0.717, 1.165) is 42.6 Å². The Labute approximate surface area is 164 Å². The molecule has 0 saturated carbocycles. The smallest absolute Gasteiger partial charge is 0.242 e. The normalized spacial score (nSPS) is 24.4. The standard InChI is InChI=1S/C22H26FN3O2/c1-4-28-15-5-6-18(23)17(13-15)16-8-11-24-20(14(16)2)19-7-9-22(25-19)10-12-26(3)21(22)27/h5-6,8,11,13,19,25H,4,7,9-10,12H2,1-3H3. The molecule has 1 N–H and O–H groups in total. The molecule has 1 aromatic carbocycles. The van der Waals surface area contributed by atoms with Crippen LogP contribution in [0.3, 0.4) is 0 Å². The first kappa shape index (κ1) is 18.9. The highest BCUT2D eigenvalue weighted by Gasteiger charge is 2.50. The lowest BCUT2D eigenvalue weighted by atomic mass is 9.95. The summed E-state index contributed by atoms with van der Waals surface area (Å²) in [5.74, 6) is 0.528. The predicted molar refractivity (Wildman–Crippen MR) is 106 cm³/mol. The number of hydrogen-bond acceptors (Lipinski definition) is 4. The maximum Gasteiger partial charge on any atom is 0.242 e. The van der Waals surface area contributed by atoms with Crippen LogP contribution in [0.5, 0.6) is 5.75 Å². The lowest BCUT2D eigenvalue weighted by molar-refractivity contribution is -0.131. The van der Waals surface area contributed by atoms with Gasteiger partial charge in [0.25, 0.3) is 0 Å². The molecule has 0 radical (unpaired) electrons. The van der Waals surface area contributed by atoms with Crippen molar-refractivity contribution in [2.24, 2.45) is 0 Å². The molecule has 2 fully saturated rings. The molecule has 2 aliphatic heterocycles. The van der Waals surface area contributed by atoms with Gasteiger partial charge in [-0.25, -0.2) is 4.39 Å². The first-order chi connectivity index (χ1) is 13.4. The Morgan fingerprint density at radius 2 is 2.14 bits per heavy atom. The Kier molecular flexibility index (Phi) is 4.83. The molecular weight excluding hydrogens is 357 g/mol. The fourth-order valence-electron chi connectivity index (χ4n) is 4.53. The van der Waals surface area contributed by atoms with Crippen molar-refractivity contribution < 1.29 is 13.9 Å². The number of benzene rings is 1. The van der Waals surface area contributed by atoms with Crippen molar-refractivity contribution in [3.8, 4) is 16.9 Å². The zero-order valence-electron chi connectivity index (χ0n) is 16.6. The molecule has 2 aromatic rings. The molecule has 1 spiro atoms. The Bertz CT molecular complexity index is 917. The monoisotopic (exact) mass is 383 g/mol. The average Bonchev–Trinajstić information content (AvgIpc) is 3.24. The van der Waals surface area contributed by atoms with Crippen LogP contribution in [-0.2, 0) is 4.79 Å². The molecule has 2 unspecified atom stereocenters. The van der Waals surface area contributed by atoms with E-state index in [1.54, 1.807) is 23.2 Å². The number of hydrogen-bond donors (Lipinski definition) is 1. The number of carbonyl (C=O) groups is 1. The number of likely N-dealkylation sites (tertiary alicyclic amines) is 1. The summed E-state index contributed by atoms with van der Waals surface area (Å²) < 4.78 is 20.1. The van der Waals surface area contributed by atoms with Gasteiger partial charge in [0.05, 0.1) is 18.3 Å². The molecule has 2 aliphatic rings. The Morgan fingerprint density at radius 1 is 1.32 bits per heavy atom. The zero-order chi connectivity index (χ0) is 19.9. The summed E-state index contributed by atoms with van der Waals surface area (Å²) in [7, 11) is 1.85. The van der Waals surface area contributed by atoms with Gasteiger partial charge in [-0.1, -0.05) is 0 Å². The third-order valence-electron chi connectivity index (χ3n) is 6.05. The highest BCUT2D eigenvalue weighted by Crippen LogP contribution is 2.41. The molecule has 148 valence electrons. The van der Waals surface area contributed by atoms with E-state index >= 15 is 0 Å². The molecule has 2 atom stereocenters. The minimum Gasteiger partial charge on any atom is -0.494 e. The summed E-state index contributed by atoms with van der Waals surface area (Å²) >= 11 is 0. The number of ether oxygens (including phenoxy) is 1. The van der Waals surface area contributed by atoms with Gasteiger partial charge in [0.15, 0.2) is 0 Å². The molecular formula is C22H26FN3O2. The van der Waals surface area contributed by atoms with E-state index in [0.29, 0.717) is 17.9 Å². The number of nitrogens with one attached hydrogen (secondary N) is 1. The number of rotatable bonds is 4. The van der Waals surface area contributed by atoms with Crippen LogP contribution in [0.1, 0.15) is 43.5 Å². The van der Waals surface area contributed by atoms with Crippen molar-refractivity contribution in [3.63, 3.8) is 0 Å². The molecule has 3 heterocycles. The first-order valence-corrected chi connectivity index (χ1v) is 9.86. The Morgan fingerprint density at radius 3 is 2.86 bits per heavy atom. The number of pyridine rings is 1. The average molecular weight is 383 g/mol. The molecule has 0 aliphatic carbocycles. The minimum atomic E-state index is -0.469. The third kappa shape index (κ3) is 3.05. The third-order valence-corrected chi connectivity index (χ3v) is 6.05. The van der Waals surface area contributed by atoms with Gasteiger partial charge in [-0.15, -0.1) is 0 Å². The number of halogens is 1. The van der Waals surface area contributed by atoms with Gasteiger partial charge in [0.1, 0.15) is 17.1 Å². The number of likely N-dealkylation sites (N-methyl/N-ethyl adjacent to an activating group) is 1. The largest absolute Gasteiger partial charge is 0.494 e. The van der Waals surface area contributed by atoms with Crippen molar-refractivity contribution in [1.29, 1.82) is 0 Å². The van der Waals surface area contributed by atoms with Crippen LogP contribution in [0, 0.1) is 12.7 Å². The van der Waals surface area contributed by atoms with Crippen LogP contribution in [0.25, 0.3) is 11.1 Å². The molecule has 1 aromatic heterocycles. The lowest BCUT2D eigenvalue weighted by Crippen LogP contribution is -2.47. The van der Waals surface area contributed by atoms with Crippen molar-refractivity contribution in [2.45, 2.75) is 44.7 Å². The summed E-state index contributed by atoms with van der Waals surface area (Å²) in [6.07, 6.45) is 4.20. The summed E-state index contributed by atoms with van der Waals surface area (Å²) in [6.45, 7) is 5.19. The van der Waals surface area contributed by atoms with Crippen LogP contribution in [0.4, 0.5) is 4.39 Å². The fraction of sp³-hybridized carbons (Fsp3) is 0.455. The number of amides is 1. The van der Waals surface area contributed by atoms with E-state index in [9.17, 15) is 9.18 Å². The Balaban J connectivity index is 1.67. The summed E-state index contributed by atoms with van der Waals surface area (Å²) in [4.78, 5) is 19.0. The molecule has 2 saturated heterocycles. The van der Waals surface area contributed by atoms with E-state index in [-0.39, 0.29) is 17.8 Å². The van der Waals surface area contributed by atoms with Gasteiger partial charge < -0.3 is 9.64 Å². The van der Waals surface area contributed by atoms with Crippen LogP contribution >= 0.6 is 0 Å². The van der Waals surface area contributed by atoms with Gasteiger partial charge in [-0.3, -0.25) is 15.1 Å². The minimum absolute atomic E-state index is 0.00599. The zero-order valence-corrected chi connectivity index (χ0v) is 16.6. The van der Waals surface area contributed by atoms with Crippen molar-refractivity contribution in [1.82, 2.24) is 15.2 Å². The van der Waals surface area contributed by atoms with Gasteiger partial charge in [-0.2, -0.15) is 0 Å². The van der Waals surface area contributed by atoms with Crippen LogP contribution in [0.15, 0.2) is 30.5 Å². The summed E-state index contributed by atoms with van der Waals surface area (Å²) in [5, 5.41) is 3.56. The van der Waals surface area contributed by atoms with Gasteiger partial charge in [0, 0.05) is 25.4 Å². The number of carbonyl (C=O) groups excluding carboxylic acids is 1. The van der Waals surface area contributed by atoms with E-state index in [1.807, 2.05) is 27.0 Å². The van der Waals surface area contributed by atoms with Crippen molar-refractivity contribution >= 4 is 5.91 Å². The molecule has 28 heavy (non-hydrogen) atoms. The molecule has 1 amide bonds. The van der Waals surface area contributed by atoms with Crippen LogP contribution in [0.2, 0.25) is 0 Å². The second-order valence-electron chi connectivity index (χ2n) is 7.74. The second kappa shape index (κ2) is 7.17. The molecule has 0 bridgehead atoms. The highest BCUT2D eigenvalue weighted by atomic mass is 19.1. The SMILES string of the molecule is CCOc1ccc(F)c(-c2ccnc(C3CCC4(CCN(C)C4=O)N3)c2C)c1. The predicted octanol–water partition coefficient (Wildman–Crippen LogP) is 3.62. The van der Waals surface area contributed by atoms with E-state index in [1.165, 1.54) is 6.07 Å². The summed E-state index contributed by atoms with van der Waals surface area (Å²) in [5.41, 5.74) is 2.67. The second-order valence-corrected chi connectivity index (χ2v) is 7.74. The van der Waals surface area contributed by atoms with Crippen molar-refractivity contribution in [2.75, 3.05) is 20.2 Å². The quantitative estimate of drug-likeness (QED) is 0.876. The first-order valence-electron chi connectivity index (χ1n) is 9.86. The summed E-state index contributed by atoms with van der Waals surface area (Å²) in [6, 6.07) is 6.66. The Hall–Kier alpha value is -2.47. The van der Waals surface area contributed by atoms with E-state index in [4.69, 9.17) is 4.74 Å². The molecule has 4 rings (SSSR count). The maximum atomic E-state index is 14.6. The lowest BCUT2D eigenvalue weighted by Gasteiger charge is -2.24. The van der Waals surface area contributed by atoms with Gasteiger partial charge in [-0.05, 0) is 68.5 Å². The topological polar surface area (TPSA) is 54.5 Å². The molecule has 5 nitrogen and oxygen atoms in total. The van der Waals surface area contributed by atoms with E-state index < -0.39 is 5.54 Å². The van der Waals surface area contributed by atoms with Gasteiger partial charge >= 0.3 is 0 Å².